The molecule has 0 saturated heterocycles. The molecule has 0 spiro atoms. The number of nitrogens with zero attached hydrogens (tertiary/aromatic N) is 1. The Bertz CT molecular complexity index is 656. The molecule has 0 radical (unpaired) electrons. The van der Waals surface area contributed by atoms with Crippen LogP contribution in [0.2, 0.25) is 0 Å². The predicted molar refractivity (Wildman–Crippen MR) is 84.7 cm³/mol. The monoisotopic (exact) mass is 288 g/mol. The first-order chi connectivity index (χ1) is 9.41. The first kappa shape index (κ1) is 14.7. The van der Waals surface area contributed by atoms with Gasteiger partial charge in [0.05, 0.1) is 12.2 Å². The molecule has 3 nitrogen and oxygen atoms in total. The summed E-state index contributed by atoms with van der Waals surface area (Å²) in [5.41, 5.74) is 2.00. The van der Waals surface area contributed by atoms with E-state index in [1.54, 1.807) is 0 Å². The second-order valence-electron chi connectivity index (χ2n) is 5.66. The van der Waals surface area contributed by atoms with E-state index in [2.05, 4.69) is 30.7 Å². The van der Waals surface area contributed by atoms with E-state index < -0.39 is 0 Å². The van der Waals surface area contributed by atoms with Gasteiger partial charge in [-0.1, -0.05) is 45.1 Å². The van der Waals surface area contributed by atoms with Crippen molar-refractivity contribution in [1.82, 2.24) is 9.97 Å². The van der Waals surface area contributed by atoms with Gasteiger partial charge in [-0.25, -0.2) is 4.98 Å². The average molecular weight is 288 g/mol. The van der Waals surface area contributed by atoms with Gasteiger partial charge in [-0.3, -0.25) is 0 Å². The number of hydrogen-bond acceptors (Lipinski definition) is 3. The van der Waals surface area contributed by atoms with Crippen LogP contribution in [0.5, 0.6) is 5.75 Å². The molecule has 0 unspecified atom stereocenters. The molecule has 1 heterocycles. The number of aromatic amines is 1. The number of benzene rings is 1. The number of para-hydroxylation sites is 1. The van der Waals surface area contributed by atoms with Gasteiger partial charge in [0, 0.05) is 11.1 Å². The molecule has 0 aliphatic heterocycles. The molecule has 0 bridgehead atoms. The third-order valence-corrected chi connectivity index (χ3v) is 3.20. The highest BCUT2D eigenvalue weighted by molar-refractivity contribution is 7.71. The van der Waals surface area contributed by atoms with Crippen LogP contribution in [0.15, 0.2) is 30.3 Å². The Morgan fingerprint density at radius 3 is 2.60 bits per heavy atom. The molecule has 106 valence electrons. The van der Waals surface area contributed by atoms with Crippen molar-refractivity contribution in [3.05, 3.63) is 40.7 Å². The number of H-pyrrole nitrogens is 1. The lowest BCUT2D eigenvalue weighted by Crippen LogP contribution is -2.14. The number of aromatic nitrogens is 2. The third-order valence-electron chi connectivity index (χ3n) is 2.99. The summed E-state index contributed by atoms with van der Waals surface area (Å²) in [6, 6.07) is 9.78. The van der Waals surface area contributed by atoms with E-state index in [0.29, 0.717) is 11.2 Å². The van der Waals surface area contributed by atoms with Crippen LogP contribution in [0.4, 0.5) is 0 Å². The summed E-state index contributed by atoms with van der Waals surface area (Å²) >= 11 is 5.29. The lowest BCUT2D eigenvalue weighted by Gasteiger charge is -2.20. The Balaban J connectivity index is 2.59. The van der Waals surface area contributed by atoms with Crippen LogP contribution in [0.3, 0.4) is 0 Å². The highest BCUT2D eigenvalue weighted by atomic mass is 32.1. The molecule has 0 amide bonds. The predicted octanol–water partition coefficient (Wildman–Crippen LogP) is 4.50. The van der Waals surface area contributed by atoms with Gasteiger partial charge >= 0.3 is 0 Å². The minimum atomic E-state index is -0.00813. The molecule has 2 rings (SSSR count). The number of hydrogen-bond donors (Lipinski definition) is 1. The van der Waals surface area contributed by atoms with Crippen molar-refractivity contribution in [3.63, 3.8) is 0 Å². The zero-order valence-corrected chi connectivity index (χ0v) is 13.2. The van der Waals surface area contributed by atoms with Crippen LogP contribution < -0.4 is 4.74 Å². The molecule has 1 N–H and O–H groups in total. The molecule has 0 fully saturated rings. The largest absolute Gasteiger partial charge is 0.493 e. The number of rotatable bonds is 3. The maximum absolute atomic E-state index is 5.66. The summed E-state index contributed by atoms with van der Waals surface area (Å²) in [5, 5.41) is 0. The Morgan fingerprint density at radius 1 is 1.25 bits per heavy atom. The van der Waals surface area contributed by atoms with Crippen molar-refractivity contribution >= 4 is 12.2 Å². The molecule has 1 aromatic heterocycles. The molecular weight excluding hydrogens is 268 g/mol. The van der Waals surface area contributed by atoms with E-state index in [4.69, 9.17) is 17.0 Å². The van der Waals surface area contributed by atoms with E-state index in [9.17, 15) is 0 Å². The molecule has 1 aromatic carbocycles. The minimum Gasteiger partial charge on any atom is -0.493 e. The zero-order chi connectivity index (χ0) is 14.8. The van der Waals surface area contributed by atoms with E-state index in [1.807, 2.05) is 37.3 Å². The van der Waals surface area contributed by atoms with Crippen LogP contribution in [0.1, 0.15) is 33.4 Å². The van der Waals surface area contributed by atoms with E-state index in [-0.39, 0.29) is 5.41 Å². The van der Waals surface area contributed by atoms with Gasteiger partial charge in [-0.15, -0.1) is 0 Å². The minimum absolute atomic E-state index is 0.00813. The van der Waals surface area contributed by atoms with Crippen molar-refractivity contribution in [3.8, 4) is 17.1 Å². The van der Waals surface area contributed by atoms with Crippen LogP contribution in [-0.2, 0) is 5.41 Å². The highest BCUT2D eigenvalue weighted by Gasteiger charge is 2.17. The smallest absolute Gasteiger partial charge is 0.142 e. The lowest BCUT2D eigenvalue weighted by molar-refractivity contribution is 0.341. The fourth-order valence-corrected chi connectivity index (χ4v) is 2.14. The second-order valence-corrected chi connectivity index (χ2v) is 6.08. The number of nitrogens with one attached hydrogen (secondary N) is 1. The van der Waals surface area contributed by atoms with Gasteiger partial charge < -0.3 is 9.72 Å². The molecule has 0 saturated carbocycles. The number of ether oxygens (including phenoxy) is 1. The Kier molecular flexibility index (Phi) is 4.23. The van der Waals surface area contributed by atoms with Gasteiger partial charge in [-0.2, -0.15) is 0 Å². The molecule has 0 aliphatic rings. The van der Waals surface area contributed by atoms with Crippen molar-refractivity contribution in [2.75, 3.05) is 6.61 Å². The molecule has 2 aromatic rings. The summed E-state index contributed by atoms with van der Waals surface area (Å²) in [6.07, 6.45) is 0. The lowest BCUT2D eigenvalue weighted by atomic mass is 9.92. The quantitative estimate of drug-likeness (QED) is 0.845. The SMILES string of the molecule is CCOc1ccccc1-c1nc(=S)cc(C(C)(C)C)[nH]1. The summed E-state index contributed by atoms with van der Waals surface area (Å²) in [6.45, 7) is 9.03. The standard InChI is InChI=1S/C16H20N2OS/c1-5-19-12-9-7-6-8-11(12)15-17-13(16(2,3)4)10-14(20)18-15/h6-10H,5H2,1-4H3,(H,17,18,20). The van der Waals surface area contributed by atoms with Gasteiger partial charge in [0.1, 0.15) is 16.2 Å². The van der Waals surface area contributed by atoms with Crippen LogP contribution in [-0.4, -0.2) is 16.6 Å². The molecule has 20 heavy (non-hydrogen) atoms. The topological polar surface area (TPSA) is 37.9 Å². The summed E-state index contributed by atoms with van der Waals surface area (Å²) in [4.78, 5) is 7.82. The van der Waals surface area contributed by atoms with Gasteiger partial charge in [0.15, 0.2) is 0 Å². The maximum Gasteiger partial charge on any atom is 0.142 e. The van der Waals surface area contributed by atoms with E-state index >= 15 is 0 Å². The molecule has 0 aliphatic carbocycles. The summed E-state index contributed by atoms with van der Waals surface area (Å²) in [5.74, 6) is 1.57. The van der Waals surface area contributed by atoms with Gasteiger partial charge in [0.25, 0.3) is 0 Å². The Labute approximate surface area is 125 Å². The van der Waals surface area contributed by atoms with E-state index in [1.165, 1.54) is 0 Å². The first-order valence-corrected chi connectivity index (χ1v) is 7.16. The highest BCUT2D eigenvalue weighted by Crippen LogP contribution is 2.29. The fraction of sp³-hybridized carbons (Fsp3) is 0.375. The summed E-state index contributed by atoms with van der Waals surface area (Å²) in [7, 11) is 0. The molecular formula is C16H20N2OS. The second kappa shape index (κ2) is 5.75. The fourth-order valence-electron chi connectivity index (χ4n) is 1.93. The van der Waals surface area contributed by atoms with Gasteiger partial charge in [-0.05, 0) is 25.1 Å². The Hall–Kier alpha value is -1.68. The van der Waals surface area contributed by atoms with Crippen molar-refractivity contribution < 1.29 is 4.74 Å². The molecule has 4 heteroatoms. The van der Waals surface area contributed by atoms with E-state index in [0.717, 1.165) is 22.8 Å². The first-order valence-electron chi connectivity index (χ1n) is 6.76. The zero-order valence-electron chi connectivity index (χ0n) is 12.4. The van der Waals surface area contributed by atoms with Gasteiger partial charge in [0.2, 0.25) is 0 Å². The van der Waals surface area contributed by atoms with Crippen molar-refractivity contribution in [1.29, 1.82) is 0 Å². The van der Waals surface area contributed by atoms with Crippen LogP contribution in [0.25, 0.3) is 11.4 Å². The maximum atomic E-state index is 5.66. The third kappa shape index (κ3) is 3.25. The summed E-state index contributed by atoms with van der Waals surface area (Å²) < 4.78 is 6.26. The Morgan fingerprint density at radius 2 is 1.95 bits per heavy atom. The average Bonchev–Trinajstić information content (AvgIpc) is 2.38. The van der Waals surface area contributed by atoms with Crippen LogP contribution in [0, 0.1) is 4.64 Å². The van der Waals surface area contributed by atoms with Crippen molar-refractivity contribution in [2.45, 2.75) is 33.1 Å². The van der Waals surface area contributed by atoms with Crippen molar-refractivity contribution in [2.24, 2.45) is 0 Å². The normalized spacial score (nSPS) is 11.4. The van der Waals surface area contributed by atoms with Crippen LogP contribution >= 0.6 is 12.2 Å². The molecule has 0 atom stereocenters.